The highest BCUT2D eigenvalue weighted by atomic mass is 79.9. The summed E-state index contributed by atoms with van der Waals surface area (Å²) >= 11 is 5.12. The first kappa shape index (κ1) is 10.1. The predicted octanol–water partition coefficient (Wildman–Crippen LogP) is 3.19. The number of halogens is 1. The van der Waals surface area contributed by atoms with Crippen LogP contribution in [-0.2, 0) is 0 Å². The SMILES string of the molecule is CC(C)(CBr)CSc1ncco1. The van der Waals surface area contributed by atoms with Crippen molar-refractivity contribution >= 4 is 27.7 Å². The van der Waals surface area contributed by atoms with E-state index in [1.807, 2.05) is 0 Å². The summed E-state index contributed by atoms with van der Waals surface area (Å²) < 4.78 is 5.11. The Kier molecular flexibility index (Phi) is 3.65. The third-order valence-electron chi connectivity index (χ3n) is 1.36. The fourth-order valence-electron chi connectivity index (χ4n) is 0.577. The Balaban J connectivity index is 2.36. The second kappa shape index (κ2) is 4.33. The van der Waals surface area contributed by atoms with Crippen LogP contribution in [-0.4, -0.2) is 16.1 Å². The lowest BCUT2D eigenvalue weighted by molar-refractivity contribution is 0.447. The number of alkyl halides is 1. The highest BCUT2D eigenvalue weighted by molar-refractivity contribution is 9.09. The third kappa shape index (κ3) is 3.19. The Morgan fingerprint density at radius 3 is 2.92 bits per heavy atom. The maximum Gasteiger partial charge on any atom is 0.255 e. The first-order valence-corrected chi connectivity index (χ1v) is 5.83. The number of rotatable bonds is 4. The van der Waals surface area contributed by atoms with Gasteiger partial charge in [0.15, 0.2) is 0 Å². The normalized spacial score (nSPS) is 11.9. The van der Waals surface area contributed by atoms with Gasteiger partial charge in [0.2, 0.25) is 0 Å². The summed E-state index contributed by atoms with van der Waals surface area (Å²) in [4.78, 5) is 4.03. The Bertz CT molecular complexity index is 223. The number of thioether (sulfide) groups is 1. The summed E-state index contributed by atoms with van der Waals surface area (Å²) in [7, 11) is 0. The first-order valence-electron chi connectivity index (χ1n) is 3.72. The molecule has 0 unspecified atom stereocenters. The van der Waals surface area contributed by atoms with Crippen molar-refractivity contribution in [2.75, 3.05) is 11.1 Å². The second-order valence-electron chi connectivity index (χ2n) is 3.38. The summed E-state index contributed by atoms with van der Waals surface area (Å²) in [6.45, 7) is 4.41. The lowest BCUT2D eigenvalue weighted by Gasteiger charge is -2.19. The highest BCUT2D eigenvalue weighted by Gasteiger charge is 2.17. The second-order valence-corrected chi connectivity index (χ2v) is 4.87. The van der Waals surface area contributed by atoms with Crippen molar-refractivity contribution in [2.24, 2.45) is 5.41 Å². The van der Waals surface area contributed by atoms with E-state index in [0.29, 0.717) is 5.41 Å². The molecule has 0 atom stereocenters. The van der Waals surface area contributed by atoms with Gasteiger partial charge in [-0.05, 0) is 5.41 Å². The highest BCUT2D eigenvalue weighted by Crippen LogP contribution is 2.27. The van der Waals surface area contributed by atoms with Crippen LogP contribution in [0.4, 0.5) is 0 Å². The van der Waals surface area contributed by atoms with Crippen LogP contribution in [0.3, 0.4) is 0 Å². The third-order valence-corrected chi connectivity index (χ3v) is 4.25. The predicted molar refractivity (Wildman–Crippen MR) is 54.8 cm³/mol. The van der Waals surface area contributed by atoms with Gasteiger partial charge in [0.25, 0.3) is 5.22 Å². The summed E-state index contributed by atoms with van der Waals surface area (Å²) in [6.07, 6.45) is 3.27. The molecule has 4 heteroatoms. The molecule has 0 N–H and O–H groups in total. The van der Waals surface area contributed by atoms with Crippen LogP contribution in [0.1, 0.15) is 13.8 Å². The molecule has 0 aliphatic rings. The maximum atomic E-state index is 5.11. The van der Waals surface area contributed by atoms with Crippen LogP contribution in [0.15, 0.2) is 22.1 Å². The molecule has 0 amide bonds. The Hall–Kier alpha value is 0.0400. The fraction of sp³-hybridized carbons (Fsp3) is 0.625. The molecule has 1 heterocycles. The minimum Gasteiger partial charge on any atom is -0.440 e. The van der Waals surface area contributed by atoms with E-state index in [2.05, 4.69) is 34.8 Å². The van der Waals surface area contributed by atoms with E-state index in [9.17, 15) is 0 Å². The summed E-state index contributed by atoms with van der Waals surface area (Å²) in [6, 6.07) is 0. The van der Waals surface area contributed by atoms with Gasteiger partial charge in [-0.15, -0.1) is 0 Å². The summed E-state index contributed by atoms with van der Waals surface area (Å²) in [5.41, 5.74) is 0.291. The van der Waals surface area contributed by atoms with E-state index >= 15 is 0 Å². The van der Waals surface area contributed by atoms with Crippen molar-refractivity contribution in [3.05, 3.63) is 12.5 Å². The molecular formula is C8H12BrNOS. The molecule has 0 aromatic carbocycles. The van der Waals surface area contributed by atoms with Gasteiger partial charge in [-0.25, -0.2) is 4.98 Å². The first-order chi connectivity index (χ1) is 5.64. The number of nitrogens with zero attached hydrogens (tertiary/aromatic N) is 1. The van der Waals surface area contributed by atoms with Crippen LogP contribution >= 0.6 is 27.7 Å². The van der Waals surface area contributed by atoms with E-state index in [-0.39, 0.29) is 0 Å². The number of hydrogen-bond donors (Lipinski definition) is 0. The number of oxazole rings is 1. The van der Waals surface area contributed by atoms with E-state index in [1.165, 1.54) is 0 Å². The van der Waals surface area contributed by atoms with Crippen molar-refractivity contribution in [2.45, 2.75) is 19.1 Å². The molecule has 1 aromatic rings. The standard InChI is InChI=1S/C8H12BrNOS/c1-8(2,5-9)6-12-7-10-3-4-11-7/h3-4H,5-6H2,1-2H3. The molecule has 12 heavy (non-hydrogen) atoms. The lowest BCUT2D eigenvalue weighted by atomic mass is 10.0. The van der Waals surface area contributed by atoms with Crippen LogP contribution in [0, 0.1) is 5.41 Å². The molecule has 0 fully saturated rings. The minimum atomic E-state index is 0.291. The van der Waals surface area contributed by atoms with Crippen molar-refractivity contribution in [3.8, 4) is 0 Å². The van der Waals surface area contributed by atoms with Gasteiger partial charge in [-0.1, -0.05) is 41.5 Å². The van der Waals surface area contributed by atoms with Gasteiger partial charge in [0.05, 0.1) is 6.20 Å². The molecule has 0 saturated carbocycles. The van der Waals surface area contributed by atoms with Gasteiger partial charge in [0.1, 0.15) is 6.26 Å². The Morgan fingerprint density at radius 2 is 2.42 bits per heavy atom. The molecule has 0 aliphatic heterocycles. The molecular weight excluding hydrogens is 238 g/mol. The molecule has 0 bridgehead atoms. The number of hydrogen-bond acceptors (Lipinski definition) is 3. The van der Waals surface area contributed by atoms with Crippen molar-refractivity contribution in [1.82, 2.24) is 4.98 Å². The topological polar surface area (TPSA) is 26.0 Å². The Morgan fingerprint density at radius 1 is 1.67 bits per heavy atom. The average Bonchev–Trinajstić information content (AvgIpc) is 2.53. The van der Waals surface area contributed by atoms with Gasteiger partial charge >= 0.3 is 0 Å². The van der Waals surface area contributed by atoms with Crippen LogP contribution < -0.4 is 0 Å². The summed E-state index contributed by atoms with van der Waals surface area (Å²) in [5, 5.41) is 1.75. The zero-order chi connectivity index (χ0) is 9.03. The molecule has 1 rings (SSSR count). The van der Waals surface area contributed by atoms with Crippen LogP contribution in [0.25, 0.3) is 0 Å². The summed E-state index contributed by atoms with van der Waals surface area (Å²) in [5.74, 6) is 1.01. The van der Waals surface area contributed by atoms with Crippen molar-refractivity contribution < 1.29 is 4.42 Å². The van der Waals surface area contributed by atoms with Gasteiger partial charge in [-0.3, -0.25) is 0 Å². The lowest BCUT2D eigenvalue weighted by Crippen LogP contribution is -2.15. The Labute approximate surface area is 85.3 Å². The van der Waals surface area contributed by atoms with Crippen LogP contribution in [0.2, 0.25) is 0 Å². The quantitative estimate of drug-likeness (QED) is 0.606. The molecule has 1 aromatic heterocycles. The fourth-order valence-corrected chi connectivity index (χ4v) is 1.91. The zero-order valence-electron chi connectivity index (χ0n) is 7.21. The van der Waals surface area contributed by atoms with E-state index in [4.69, 9.17) is 4.42 Å². The average molecular weight is 250 g/mol. The van der Waals surface area contributed by atoms with Gasteiger partial charge in [0, 0.05) is 11.1 Å². The smallest absolute Gasteiger partial charge is 0.255 e. The molecule has 68 valence electrons. The molecule has 0 aliphatic carbocycles. The zero-order valence-corrected chi connectivity index (χ0v) is 9.61. The van der Waals surface area contributed by atoms with E-state index in [0.717, 1.165) is 16.3 Å². The molecule has 0 radical (unpaired) electrons. The van der Waals surface area contributed by atoms with Crippen molar-refractivity contribution in [1.29, 1.82) is 0 Å². The maximum absolute atomic E-state index is 5.11. The minimum absolute atomic E-state index is 0.291. The molecule has 0 spiro atoms. The van der Waals surface area contributed by atoms with E-state index in [1.54, 1.807) is 24.2 Å². The van der Waals surface area contributed by atoms with Crippen molar-refractivity contribution in [3.63, 3.8) is 0 Å². The van der Waals surface area contributed by atoms with Gasteiger partial charge < -0.3 is 4.42 Å². The molecule has 2 nitrogen and oxygen atoms in total. The monoisotopic (exact) mass is 249 g/mol. The van der Waals surface area contributed by atoms with Crippen LogP contribution in [0.5, 0.6) is 0 Å². The number of aromatic nitrogens is 1. The van der Waals surface area contributed by atoms with Gasteiger partial charge in [-0.2, -0.15) is 0 Å². The molecule has 0 saturated heterocycles. The van der Waals surface area contributed by atoms with E-state index < -0.39 is 0 Å². The largest absolute Gasteiger partial charge is 0.440 e.